The molecule has 1 N–H and O–H groups in total. The van der Waals surface area contributed by atoms with Crippen LogP contribution in [-0.2, 0) is 17.6 Å². The van der Waals surface area contributed by atoms with Crippen molar-refractivity contribution in [3.05, 3.63) is 47.2 Å². The number of carbonyl (C=O) groups excluding carboxylic acids is 1. The van der Waals surface area contributed by atoms with Crippen molar-refractivity contribution in [2.24, 2.45) is 0 Å². The van der Waals surface area contributed by atoms with E-state index < -0.39 is 0 Å². The first kappa shape index (κ1) is 20.2. The zero-order chi connectivity index (χ0) is 21.1. The van der Waals surface area contributed by atoms with Crippen molar-refractivity contribution >= 4 is 23.5 Å². The number of tetrazole rings is 1. The molecule has 4 rings (SSSR count). The molecule has 0 radical (unpaired) electrons. The predicted octanol–water partition coefficient (Wildman–Crippen LogP) is 3.53. The van der Waals surface area contributed by atoms with Gasteiger partial charge >= 0.3 is 0 Å². The molecule has 0 saturated heterocycles. The van der Waals surface area contributed by atoms with E-state index in [1.54, 1.807) is 4.68 Å². The summed E-state index contributed by atoms with van der Waals surface area (Å²) in [5, 5.41) is 25.1. The Morgan fingerprint density at radius 3 is 2.77 bits per heavy atom. The molecule has 0 atom stereocenters. The number of amides is 1. The number of benzene rings is 1. The van der Waals surface area contributed by atoms with Gasteiger partial charge in [-0.1, -0.05) is 30.0 Å². The van der Waals surface area contributed by atoms with Crippen molar-refractivity contribution in [1.29, 1.82) is 5.26 Å². The number of para-hydroxylation sites is 1. The van der Waals surface area contributed by atoms with Crippen molar-refractivity contribution in [2.75, 3.05) is 11.1 Å². The molecule has 0 saturated carbocycles. The number of anilines is 1. The molecule has 0 spiro atoms. The summed E-state index contributed by atoms with van der Waals surface area (Å²) in [6.07, 6.45) is 3.89. The second kappa shape index (κ2) is 8.71. The van der Waals surface area contributed by atoms with Gasteiger partial charge < -0.3 is 5.32 Å². The molecule has 2 heterocycles. The average molecular weight is 422 g/mol. The Hall–Kier alpha value is -3.12. The summed E-state index contributed by atoms with van der Waals surface area (Å²) in [6.45, 7) is 3.97. The lowest BCUT2D eigenvalue weighted by molar-refractivity contribution is -0.113. The number of nitriles is 1. The van der Waals surface area contributed by atoms with Crippen LogP contribution in [0.25, 0.3) is 5.69 Å². The fraction of sp³-hybridized carbons (Fsp3) is 0.381. The van der Waals surface area contributed by atoms with Gasteiger partial charge in [0.15, 0.2) is 0 Å². The van der Waals surface area contributed by atoms with E-state index in [1.807, 2.05) is 48.7 Å². The van der Waals surface area contributed by atoms with Crippen LogP contribution in [0.5, 0.6) is 0 Å². The first-order valence-corrected chi connectivity index (χ1v) is 11.0. The highest BCUT2D eigenvalue weighted by Gasteiger charge is 2.26. The maximum atomic E-state index is 12.8. The Labute approximate surface area is 179 Å². The minimum Gasteiger partial charge on any atom is -0.310 e. The highest BCUT2D eigenvalue weighted by Crippen LogP contribution is 2.35. The van der Waals surface area contributed by atoms with Crippen LogP contribution in [0.15, 0.2) is 35.5 Å². The molecule has 8 nitrogen and oxygen atoms in total. The monoisotopic (exact) mass is 421 g/mol. The third-order valence-corrected chi connectivity index (χ3v) is 6.07. The third kappa shape index (κ3) is 3.83. The van der Waals surface area contributed by atoms with E-state index in [4.69, 9.17) is 0 Å². The summed E-state index contributed by atoms with van der Waals surface area (Å²) in [4.78, 5) is 12.8. The molecule has 2 aromatic heterocycles. The van der Waals surface area contributed by atoms with E-state index in [2.05, 4.69) is 26.9 Å². The van der Waals surface area contributed by atoms with Gasteiger partial charge in [0.05, 0.1) is 17.4 Å². The summed E-state index contributed by atoms with van der Waals surface area (Å²) in [5.74, 6) is 0.522. The maximum absolute atomic E-state index is 12.8. The molecule has 154 valence electrons. The van der Waals surface area contributed by atoms with Crippen LogP contribution < -0.4 is 5.32 Å². The van der Waals surface area contributed by atoms with Gasteiger partial charge in [-0.25, -0.2) is 4.68 Å². The van der Waals surface area contributed by atoms with Crippen molar-refractivity contribution in [2.45, 2.75) is 50.7 Å². The molecule has 9 heteroatoms. The summed E-state index contributed by atoms with van der Waals surface area (Å²) in [6, 6.07) is 12.3. The number of nitrogens with zero attached hydrogens (tertiary/aromatic N) is 6. The van der Waals surface area contributed by atoms with E-state index >= 15 is 0 Å². The van der Waals surface area contributed by atoms with E-state index in [-0.39, 0.29) is 17.7 Å². The van der Waals surface area contributed by atoms with E-state index in [0.29, 0.717) is 16.5 Å². The zero-order valence-electron chi connectivity index (χ0n) is 17.0. The van der Waals surface area contributed by atoms with Gasteiger partial charge in [0, 0.05) is 11.4 Å². The highest BCUT2D eigenvalue weighted by atomic mass is 32.2. The summed E-state index contributed by atoms with van der Waals surface area (Å²) in [7, 11) is 0. The summed E-state index contributed by atoms with van der Waals surface area (Å²) < 4.78 is 3.72. The fourth-order valence-electron chi connectivity index (χ4n) is 3.80. The van der Waals surface area contributed by atoms with Gasteiger partial charge in [0.1, 0.15) is 11.9 Å². The van der Waals surface area contributed by atoms with Gasteiger partial charge in [-0.3, -0.25) is 9.36 Å². The normalized spacial score (nSPS) is 13.1. The number of hydrogen-bond donors (Lipinski definition) is 1. The molecule has 0 bridgehead atoms. The first-order chi connectivity index (χ1) is 14.6. The lowest BCUT2D eigenvalue weighted by Crippen LogP contribution is -2.18. The molecule has 3 aromatic rings. The first-order valence-electron chi connectivity index (χ1n) is 10.0. The number of carbonyl (C=O) groups is 1. The SMILES string of the molecule is CC(C)n1nnnc1SCC(=O)Nc1c(C#N)c2c(n1-c1ccccc1)CCCC2. The number of thioether (sulfide) groups is 1. The number of aromatic nitrogens is 5. The Bertz CT molecular complexity index is 1090. The van der Waals surface area contributed by atoms with Gasteiger partial charge in [-0.2, -0.15) is 5.26 Å². The zero-order valence-corrected chi connectivity index (χ0v) is 17.8. The molecule has 30 heavy (non-hydrogen) atoms. The van der Waals surface area contributed by atoms with Gasteiger partial charge in [0.2, 0.25) is 11.1 Å². The number of fused-ring (bicyclic) bond motifs is 1. The molecule has 0 unspecified atom stereocenters. The van der Waals surface area contributed by atoms with Crippen molar-refractivity contribution in [1.82, 2.24) is 24.8 Å². The van der Waals surface area contributed by atoms with Crippen molar-refractivity contribution in [3.63, 3.8) is 0 Å². The smallest absolute Gasteiger partial charge is 0.236 e. The highest BCUT2D eigenvalue weighted by molar-refractivity contribution is 7.99. The van der Waals surface area contributed by atoms with E-state index in [9.17, 15) is 10.1 Å². The second-order valence-corrected chi connectivity index (χ2v) is 8.42. The van der Waals surface area contributed by atoms with Crippen LogP contribution in [-0.4, -0.2) is 36.4 Å². The number of nitrogens with one attached hydrogen (secondary N) is 1. The molecule has 1 aromatic carbocycles. The molecule has 0 fully saturated rings. The predicted molar refractivity (Wildman–Crippen MR) is 115 cm³/mol. The largest absolute Gasteiger partial charge is 0.310 e. The Morgan fingerprint density at radius 1 is 1.27 bits per heavy atom. The van der Waals surface area contributed by atoms with Crippen molar-refractivity contribution in [3.8, 4) is 11.8 Å². The second-order valence-electron chi connectivity index (χ2n) is 7.48. The van der Waals surface area contributed by atoms with Crippen molar-refractivity contribution < 1.29 is 4.79 Å². The lowest BCUT2D eigenvalue weighted by Gasteiger charge is -2.17. The summed E-state index contributed by atoms with van der Waals surface area (Å²) >= 11 is 1.28. The van der Waals surface area contributed by atoms with Gasteiger partial charge in [-0.05, 0) is 67.7 Å². The maximum Gasteiger partial charge on any atom is 0.236 e. The van der Waals surface area contributed by atoms with E-state index in [1.165, 1.54) is 11.8 Å². The Balaban J connectivity index is 1.63. The van der Waals surface area contributed by atoms with E-state index in [0.717, 1.165) is 42.6 Å². The average Bonchev–Trinajstić information content (AvgIpc) is 3.35. The number of hydrogen-bond acceptors (Lipinski definition) is 6. The van der Waals surface area contributed by atoms with Gasteiger partial charge in [-0.15, -0.1) is 5.10 Å². The standard InChI is InChI=1S/C21H23N7OS/c1-14(2)28-21(24-25-26-28)30-13-19(29)23-20-17(12-22)16-10-6-7-11-18(16)27(20)15-8-4-3-5-9-15/h3-5,8-9,14H,6-7,10-11,13H2,1-2H3,(H,23,29). The molecule has 1 amide bonds. The van der Waals surface area contributed by atoms with Crippen LogP contribution in [0.1, 0.15) is 49.6 Å². The van der Waals surface area contributed by atoms with Gasteiger partial charge in [0.25, 0.3) is 0 Å². The Kier molecular flexibility index (Phi) is 5.86. The van der Waals surface area contributed by atoms with Crippen LogP contribution >= 0.6 is 11.8 Å². The topological polar surface area (TPSA) is 101 Å². The van der Waals surface area contributed by atoms with Crippen LogP contribution in [0, 0.1) is 11.3 Å². The minimum atomic E-state index is -0.193. The molecule has 0 aliphatic heterocycles. The molecular weight excluding hydrogens is 398 g/mol. The quantitative estimate of drug-likeness (QED) is 0.611. The fourth-order valence-corrected chi connectivity index (χ4v) is 4.61. The molecule has 1 aliphatic rings. The third-order valence-electron chi connectivity index (χ3n) is 5.14. The van der Waals surface area contributed by atoms with Crippen LogP contribution in [0.2, 0.25) is 0 Å². The lowest BCUT2D eigenvalue weighted by atomic mass is 9.95. The summed E-state index contributed by atoms with van der Waals surface area (Å²) in [5.41, 5.74) is 3.69. The van der Waals surface area contributed by atoms with Crippen LogP contribution in [0.4, 0.5) is 5.82 Å². The minimum absolute atomic E-state index is 0.109. The Morgan fingerprint density at radius 2 is 2.03 bits per heavy atom. The number of rotatable bonds is 6. The molecular formula is C21H23N7OS. The van der Waals surface area contributed by atoms with Crippen LogP contribution in [0.3, 0.4) is 0 Å². The molecule has 1 aliphatic carbocycles.